The van der Waals surface area contributed by atoms with Crippen LogP contribution in [0.1, 0.15) is 51.7 Å². The molecule has 0 saturated heterocycles. The van der Waals surface area contributed by atoms with Crippen molar-refractivity contribution < 1.29 is 9.47 Å². The van der Waals surface area contributed by atoms with Crippen molar-refractivity contribution in [3.63, 3.8) is 0 Å². The van der Waals surface area contributed by atoms with Crippen molar-refractivity contribution in [1.29, 1.82) is 0 Å². The van der Waals surface area contributed by atoms with Crippen LogP contribution in [0.15, 0.2) is 18.2 Å². The molecule has 0 fully saturated rings. The Labute approximate surface area is 134 Å². The number of hydrogen-bond acceptors (Lipinski definition) is 3. The zero-order valence-electron chi connectivity index (χ0n) is 14.4. The Bertz CT molecular complexity index is 520. The normalized spacial score (nSPS) is 22.8. The molecule has 3 rings (SSSR count). The number of benzene rings is 1. The van der Waals surface area contributed by atoms with Crippen LogP contribution in [0.25, 0.3) is 0 Å². The highest BCUT2D eigenvalue weighted by Gasteiger charge is 2.44. The molecule has 0 amide bonds. The summed E-state index contributed by atoms with van der Waals surface area (Å²) in [5.74, 6) is 0.123. The Morgan fingerprint density at radius 2 is 1.95 bits per heavy atom. The van der Waals surface area contributed by atoms with E-state index in [9.17, 15) is 0 Å². The van der Waals surface area contributed by atoms with E-state index in [1.54, 1.807) is 0 Å². The fraction of sp³-hybridized carbons (Fsp3) is 0.684. The van der Waals surface area contributed by atoms with E-state index in [-0.39, 0.29) is 0 Å². The highest BCUT2D eigenvalue weighted by molar-refractivity contribution is 5.65. The molecule has 1 aromatic carbocycles. The first-order valence-electron chi connectivity index (χ1n) is 8.80. The van der Waals surface area contributed by atoms with Gasteiger partial charge in [0.15, 0.2) is 5.79 Å². The lowest BCUT2D eigenvalue weighted by atomic mass is 9.82. The van der Waals surface area contributed by atoms with Crippen LogP contribution in [-0.2, 0) is 21.7 Å². The highest BCUT2D eigenvalue weighted by atomic mass is 16.7. The van der Waals surface area contributed by atoms with Crippen molar-refractivity contribution >= 4 is 5.69 Å². The van der Waals surface area contributed by atoms with Gasteiger partial charge < -0.3 is 14.4 Å². The molecule has 2 aliphatic rings. The summed E-state index contributed by atoms with van der Waals surface area (Å²) in [7, 11) is 0. The molecule has 2 aliphatic heterocycles. The molecule has 0 aliphatic carbocycles. The van der Waals surface area contributed by atoms with Gasteiger partial charge in [-0.25, -0.2) is 0 Å². The first-order chi connectivity index (χ1) is 10.6. The standard InChI is InChI=1S/C19H29NO2/c1-5-21-19(22-6-2)12-13-20-17(14(3)4)11-10-15-8-7-9-16(19)18(15)20/h7-9,14,17H,5-6,10-13H2,1-4H3. The monoisotopic (exact) mass is 303 g/mol. The molecule has 122 valence electrons. The van der Waals surface area contributed by atoms with Crippen LogP contribution < -0.4 is 4.90 Å². The lowest BCUT2D eigenvalue weighted by molar-refractivity contribution is -0.247. The van der Waals surface area contributed by atoms with Crippen LogP contribution in [0.5, 0.6) is 0 Å². The summed E-state index contributed by atoms with van der Waals surface area (Å²) < 4.78 is 12.3. The number of hydrogen-bond donors (Lipinski definition) is 0. The van der Waals surface area contributed by atoms with Crippen molar-refractivity contribution in [3.05, 3.63) is 29.3 Å². The molecule has 3 heteroatoms. The van der Waals surface area contributed by atoms with Crippen LogP contribution in [0.2, 0.25) is 0 Å². The maximum Gasteiger partial charge on any atom is 0.198 e. The Kier molecular flexibility index (Phi) is 4.47. The zero-order valence-corrected chi connectivity index (χ0v) is 14.4. The number of aryl methyl sites for hydroxylation is 1. The molecular formula is C19H29NO2. The van der Waals surface area contributed by atoms with E-state index < -0.39 is 5.79 Å². The number of rotatable bonds is 5. The van der Waals surface area contributed by atoms with Gasteiger partial charge in [0.2, 0.25) is 0 Å². The summed E-state index contributed by atoms with van der Waals surface area (Å²) in [6.07, 6.45) is 3.33. The van der Waals surface area contributed by atoms with Crippen molar-refractivity contribution in [1.82, 2.24) is 0 Å². The summed E-state index contributed by atoms with van der Waals surface area (Å²) in [6, 6.07) is 7.28. The molecule has 1 atom stereocenters. The summed E-state index contributed by atoms with van der Waals surface area (Å²) >= 11 is 0. The van der Waals surface area contributed by atoms with Crippen molar-refractivity contribution in [2.75, 3.05) is 24.7 Å². The molecule has 0 bridgehead atoms. The van der Waals surface area contributed by atoms with Gasteiger partial charge in [0.05, 0.1) is 0 Å². The van der Waals surface area contributed by atoms with E-state index in [1.165, 1.54) is 23.2 Å². The van der Waals surface area contributed by atoms with E-state index in [0.29, 0.717) is 25.2 Å². The number of anilines is 1. The summed E-state index contributed by atoms with van der Waals surface area (Å²) in [6.45, 7) is 11.2. The highest BCUT2D eigenvalue weighted by Crippen LogP contribution is 2.47. The Morgan fingerprint density at radius 3 is 2.59 bits per heavy atom. The van der Waals surface area contributed by atoms with Gasteiger partial charge in [-0.1, -0.05) is 32.0 Å². The van der Waals surface area contributed by atoms with Gasteiger partial charge in [-0.3, -0.25) is 0 Å². The maximum absolute atomic E-state index is 6.16. The fourth-order valence-corrected chi connectivity index (χ4v) is 4.25. The third-order valence-corrected chi connectivity index (χ3v) is 5.13. The second kappa shape index (κ2) is 6.21. The van der Waals surface area contributed by atoms with Crippen molar-refractivity contribution in [2.24, 2.45) is 5.92 Å². The molecule has 0 saturated carbocycles. The van der Waals surface area contributed by atoms with Gasteiger partial charge in [0.1, 0.15) is 0 Å². The summed E-state index contributed by atoms with van der Waals surface area (Å²) in [5.41, 5.74) is 4.09. The second-order valence-corrected chi connectivity index (χ2v) is 6.73. The molecule has 1 aromatic rings. The predicted molar refractivity (Wildman–Crippen MR) is 90.3 cm³/mol. The van der Waals surface area contributed by atoms with E-state index >= 15 is 0 Å². The second-order valence-electron chi connectivity index (χ2n) is 6.73. The zero-order chi connectivity index (χ0) is 15.7. The smallest absolute Gasteiger partial charge is 0.198 e. The Morgan fingerprint density at radius 1 is 1.23 bits per heavy atom. The molecule has 0 radical (unpaired) electrons. The fourth-order valence-electron chi connectivity index (χ4n) is 4.25. The maximum atomic E-state index is 6.16. The van der Waals surface area contributed by atoms with Gasteiger partial charge in [-0.05, 0) is 38.2 Å². The van der Waals surface area contributed by atoms with Crippen LogP contribution in [0.4, 0.5) is 5.69 Å². The van der Waals surface area contributed by atoms with Gasteiger partial charge in [-0.15, -0.1) is 0 Å². The topological polar surface area (TPSA) is 21.7 Å². The molecule has 0 N–H and O–H groups in total. The number of nitrogens with zero attached hydrogens (tertiary/aromatic N) is 1. The lowest BCUT2D eigenvalue weighted by Crippen LogP contribution is -2.51. The lowest BCUT2D eigenvalue weighted by Gasteiger charge is -2.50. The van der Waals surface area contributed by atoms with E-state index in [2.05, 4.69) is 50.8 Å². The average molecular weight is 303 g/mol. The van der Waals surface area contributed by atoms with Crippen molar-refractivity contribution in [2.45, 2.75) is 58.8 Å². The van der Waals surface area contributed by atoms with E-state index in [0.717, 1.165) is 19.4 Å². The molecule has 22 heavy (non-hydrogen) atoms. The molecule has 0 spiro atoms. The summed E-state index contributed by atoms with van der Waals surface area (Å²) in [4.78, 5) is 2.62. The first-order valence-corrected chi connectivity index (χ1v) is 8.80. The van der Waals surface area contributed by atoms with Crippen LogP contribution in [0.3, 0.4) is 0 Å². The Hall–Kier alpha value is -1.06. The van der Waals surface area contributed by atoms with Crippen LogP contribution >= 0.6 is 0 Å². The minimum absolute atomic E-state index is 0.551. The van der Waals surface area contributed by atoms with Gasteiger partial charge in [-0.2, -0.15) is 0 Å². The third-order valence-electron chi connectivity index (χ3n) is 5.13. The van der Waals surface area contributed by atoms with Gasteiger partial charge in [0, 0.05) is 43.5 Å². The molecule has 0 aromatic heterocycles. The predicted octanol–water partition coefficient (Wildman–Crippen LogP) is 4.09. The number of para-hydroxylation sites is 1. The van der Waals surface area contributed by atoms with Gasteiger partial charge >= 0.3 is 0 Å². The first kappa shape index (κ1) is 15.8. The quantitative estimate of drug-likeness (QED) is 0.765. The van der Waals surface area contributed by atoms with Crippen LogP contribution in [0, 0.1) is 5.92 Å². The third kappa shape index (κ3) is 2.44. The van der Waals surface area contributed by atoms with Gasteiger partial charge in [0.25, 0.3) is 0 Å². The van der Waals surface area contributed by atoms with E-state index in [1.807, 2.05) is 0 Å². The number of ether oxygens (including phenoxy) is 2. The molecular weight excluding hydrogens is 274 g/mol. The minimum Gasteiger partial charge on any atom is -0.367 e. The average Bonchev–Trinajstić information content (AvgIpc) is 2.51. The van der Waals surface area contributed by atoms with E-state index in [4.69, 9.17) is 9.47 Å². The van der Waals surface area contributed by atoms with Crippen molar-refractivity contribution in [3.8, 4) is 0 Å². The molecule has 1 unspecified atom stereocenters. The minimum atomic E-state index is -0.551. The Balaban J connectivity index is 2.09. The summed E-state index contributed by atoms with van der Waals surface area (Å²) in [5, 5.41) is 0. The largest absolute Gasteiger partial charge is 0.367 e. The SMILES string of the molecule is CCOC1(OCC)CCN2c3c(cccc31)CCC2C(C)C. The van der Waals surface area contributed by atoms with Crippen LogP contribution in [-0.4, -0.2) is 25.8 Å². The molecule has 3 nitrogen and oxygen atoms in total. The molecule has 2 heterocycles.